The van der Waals surface area contributed by atoms with Gasteiger partial charge in [-0.3, -0.25) is 9.59 Å². The maximum Gasteiger partial charge on any atom is 0.408 e. The van der Waals surface area contributed by atoms with Gasteiger partial charge in [0.15, 0.2) is 0 Å². The monoisotopic (exact) mass is 704 g/mol. The number of H-pyrrole nitrogens is 1. The fraction of sp³-hybridized carbons (Fsp3) is 0.657. The smallest absolute Gasteiger partial charge is 0.408 e. The minimum absolute atomic E-state index is 0.0680. The molecule has 6 N–H and O–H groups in total. The summed E-state index contributed by atoms with van der Waals surface area (Å²) >= 11 is 0. The largest absolute Gasteiger partial charge is 0.444 e. The van der Waals surface area contributed by atoms with E-state index >= 15 is 0 Å². The summed E-state index contributed by atoms with van der Waals surface area (Å²) in [5.74, 6) is -0.934. The fourth-order valence-corrected chi connectivity index (χ4v) is 7.06. The number of amides is 3. The third-order valence-corrected chi connectivity index (χ3v) is 9.40. The van der Waals surface area contributed by atoms with E-state index in [4.69, 9.17) is 4.74 Å². The molecule has 0 unspecified atom stereocenters. The average Bonchev–Trinajstić information content (AvgIpc) is 3.52. The number of alkyl carbamates (subject to hydrolysis) is 1. The van der Waals surface area contributed by atoms with Gasteiger partial charge in [0.2, 0.25) is 21.8 Å². The molecule has 13 nitrogen and oxygen atoms in total. The first-order valence-electron chi connectivity index (χ1n) is 17.3. The van der Waals surface area contributed by atoms with Crippen LogP contribution in [0.1, 0.15) is 90.8 Å². The number of aliphatic hydroxyl groups excluding tert-OH is 1. The first kappa shape index (κ1) is 39.9. The molecular weight excluding hydrogens is 648 g/mol. The molecule has 1 aromatic carbocycles. The van der Waals surface area contributed by atoms with Gasteiger partial charge in [-0.1, -0.05) is 76.3 Å². The number of carbonyl (C=O) groups excluding carboxylic acids is 3. The van der Waals surface area contributed by atoms with Crippen molar-refractivity contribution in [3.8, 4) is 0 Å². The van der Waals surface area contributed by atoms with E-state index in [1.54, 1.807) is 27.0 Å². The Kier molecular flexibility index (Phi) is 15.1. The van der Waals surface area contributed by atoms with Crippen molar-refractivity contribution < 1.29 is 32.6 Å². The molecule has 2 aromatic rings. The van der Waals surface area contributed by atoms with Crippen molar-refractivity contribution >= 4 is 27.9 Å². The lowest BCUT2D eigenvalue weighted by Crippen LogP contribution is -2.58. The quantitative estimate of drug-likeness (QED) is 0.144. The Bertz CT molecular complexity index is 1420. The molecule has 3 rings (SSSR count). The zero-order valence-corrected chi connectivity index (χ0v) is 30.5. The number of nitrogens with one attached hydrogen (secondary N) is 5. The van der Waals surface area contributed by atoms with Crippen molar-refractivity contribution in [1.29, 1.82) is 0 Å². The molecule has 3 amide bonds. The fourth-order valence-electron chi connectivity index (χ4n) is 6.14. The van der Waals surface area contributed by atoms with Crippen LogP contribution in [0.25, 0.3) is 0 Å². The highest BCUT2D eigenvalue weighted by atomic mass is 32.2. The Morgan fingerprint density at radius 1 is 0.959 bits per heavy atom. The number of ether oxygens (including phenoxy) is 1. The number of hydrogen-bond donors (Lipinski definition) is 6. The van der Waals surface area contributed by atoms with Crippen LogP contribution in [0.2, 0.25) is 0 Å². The maximum atomic E-state index is 14.1. The second-order valence-electron chi connectivity index (χ2n) is 14.6. The Hall–Kier alpha value is -3.49. The summed E-state index contributed by atoms with van der Waals surface area (Å²) in [6.07, 6.45) is 8.34. The number of nitrogens with zero attached hydrogens (tertiary/aromatic N) is 1. The van der Waals surface area contributed by atoms with Crippen LogP contribution in [-0.2, 0) is 37.2 Å². The summed E-state index contributed by atoms with van der Waals surface area (Å²) in [5, 5.41) is 20.1. The van der Waals surface area contributed by atoms with Gasteiger partial charge >= 0.3 is 6.09 Å². The summed E-state index contributed by atoms with van der Waals surface area (Å²) in [6, 6.07) is 5.79. The molecule has 0 bridgehead atoms. The Morgan fingerprint density at radius 2 is 1.59 bits per heavy atom. The average molecular weight is 705 g/mol. The minimum Gasteiger partial charge on any atom is -0.444 e. The second kappa shape index (κ2) is 18.5. The minimum atomic E-state index is -3.54. The van der Waals surface area contributed by atoms with Gasteiger partial charge in [0.25, 0.3) is 0 Å². The number of sulfonamides is 1. The lowest BCUT2D eigenvalue weighted by molar-refractivity contribution is -0.131. The van der Waals surface area contributed by atoms with Crippen LogP contribution < -0.4 is 20.7 Å². The lowest BCUT2D eigenvalue weighted by atomic mass is 9.82. The molecule has 274 valence electrons. The first-order chi connectivity index (χ1) is 23.0. The number of imidazole rings is 1. The molecule has 0 aliphatic heterocycles. The van der Waals surface area contributed by atoms with Crippen LogP contribution >= 0.6 is 0 Å². The van der Waals surface area contributed by atoms with Gasteiger partial charge in [-0.2, -0.15) is 0 Å². The maximum absolute atomic E-state index is 14.1. The molecular formula is C35H56N6O7S. The molecule has 49 heavy (non-hydrogen) atoms. The number of aliphatic hydroxyl groups is 1. The Labute approximate surface area is 291 Å². The number of rotatable bonds is 17. The predicted molar refractivity (Wildman–Crippen MR) is 188 cm³/mol. The number of hydrogen-bond acceptors (Lipinski definition) is 8. The Balaban J connectivity index is 1.87. The van der Waals surface area contributed by atoms with Gasteiger partial charge in [-0.15, -0.1) is 0 Å². The normalized spacial score (nSPS) is 17.4. The highest BCUT2D eigenvalue weighted by molar-refractivity contribution is 7.88. The molecule has 1 aliphatic rings. The van der Waals surface area contributed by atoms with E-state index in [9.17, 15) is 27.9 Å². The van der Waals surface area contributed by atoms with Gasteiger partial charge in [0, 0.05) is 30.8 Å². The second-order valence-corrected chi connectivity index (χ2v) is 16.4. The molecule has 1 fully saturated rings. The van der Waals surface area contributed by atoms with E-state index in [-0.39, 0.29) is 31.1 Å². The third-order valence-electron chi connectivity index (χ3n) is 8.67. The number of aromatic nitrogens is 2. The highest BCUT2D eigenvalue weighted by Crippen LogP contribution is 2.29. The SMILES string of the molecule is CC(C)[C@H](C[C@H](O)[C@H](CC1CCCCC1)NC(=O)[C@H](Cc1cnc[nH]1)NC(=O)[C@H](Cc1ccccc1)NC(=O)OC(C)(C)C)NS(C)(=O)=O. The first-order valence-corrected chi connectivity index (χ1v) is 19.1. The van der Waals surface area contributed by atoms with E-state index in [1.165, 1.54) is 6.33 Å². The highest BCUT2D eigenvalue weighted by Gasteiger charge is 2.34. The standard InChI is InChI=1S/C35H56N6O7S/c1-23(2)27(41-49(6,46)47)20-31(42)28(17-24-13-9-7-10-14-24)38-33(44)30(19-26-21-36-22-37-26)39-32(43)29(18-25-15-11-8-12-16-25)40-34(45)48-35(3,4)5/h8,11-12,15-16,21-24,27-31,41-42H,7,9-10,13-14,17-20H2,1-6H3,(H,36,37)(H,38,44)(H,39,43)(H,40,45)/t27-,28-,29-,30-,31-/m0/s1. The van der Waals surface area contributed by atoms with Gasteiger partial charge in [-0.05, 0) is 51.0 Å². The van der Waals surface area contributed by atoms with Crippen molar-refractivity contribution in [3.63, 3.8) is 0 Å². The summed E-state index contributed by atoms with van der Waals surface area (Å²) in [7, 11) is -3.54. The predicted octanol–water partition coefficient (Wildman–Crippen LogP) is 3.35. The molecule has 0 spiro atoms. The topological polar surface area (TPSA) is 192 Å². The van der Waals surface area contributed by atoms with Crippen LogP contribution in [0.5, 0.6) is 0 Å². The third kappa shape index (κ3) is 14.9. The van der Waals surface area contributed by atoms with Crippen LogP contribution in [0.3, 0.4) is 0 Å². The summed E-state index contributed by atoms with van der Waals surface area (Å²) in [4.78, 5) is 47.8. The van der Waals surface area contributed by atoms with Crippen LogP contribution in [-0.4, -0.2) is 83.5 Å². The zero-order chi connectivity index (χ0) is 36.2. The molecule has 1 aromatic heterocycles. The molecule has 1 aliphatic carbocycles. The van der Waals surface area contributed by atoms with Gasteiger partial charge in [-0.25, -0.2) is 22.9 Å². The summed E-state index contributed by atoms with van der Waals surface area (Å²) in [5.41, 5.74) is 0.605. The van der Waals surface area contributed by atoms with Crippen molar-refractivity contribution in [1.82, 2.24) is 30.6 Å². The zero-order valence-electron chi connectivity index (χ0n) is 29.7. The van der Waals surface area contributed by atoms with Crippen molar-refractivity contribution in [3.05, 3.63) is 54.1 Å². The van der Waals surface area contributed by atoms with Gasteiger partial charge in [0.05, 0.1) is 24.7 Å². The summed E-state index contributed by atoms with van der Waals surface area (Å²) in [6.45, 7) is 8.92. The van der Waals surface area contributed by atoms with Crippen molar-refractivity contribution in [2.45, 2.75) is 128 Å². The van der Waals surface area contributed by atoms with Gasteiger partial charge in [0.1, 0.15) is 17.7 Å². The number of aromatic amines is 1. The van der Waals surface area contributed by atoms with E-state index in [2.05, 4.69) is 30.6 Å². The molecule has 0 saturated heterocycles. The van der Waals surface area contributed by atoms with Crippen LogP contribution in [0.4, 0.5) is 4.79 Å². The van der Waals surface area contributed by atoms with E-state index in [0.29, 0.717) is 12.1 Å². The van der Waals surface area contributed by atoms with Gasteiger partial charge < -0.3 is 30.8 Å². The number of benzene rings is 1. The molecule has 5 atom stereocenters. The Morgan fingerprint density at radius 3 is 2.16 bits per heavy atom. The van der Waals surface area contributed by atoms with E-state index in [0.717, 1.165) is 43.9 Å². The van der Waals surface area contributed by atoms with Crippen molar-refractivity contribution in [2.75, 3.05) is 6.26 Å². The molecule has 1 saturated carbocycles. The molecule has 14 heteroatoms. The molecule has 0 radical (unpaired) electrons. The van der Waals surface area contributed by atoms with E-state index in [1.807, 2.05) is 44.2 Å². The molecule has 1 heterocycles. The van der Waals surface area contributed by atoms with Crippen LogP contribution in [0, 0.1) is 11.8 Å². The number of carbonyl (C=O) groups is 3. The lowest BCUT2D eigenvalue weighted by Gasteiger charge is -2.34. The summed E-state index contributed by atoms with van der Waals surface area (Å²) < 4.78 is 32.2. The van der Waals surface area contributed by atoms with Crippen LogP contribution in [0.15, 0.2) is 42.9 Å². The van der Waals surface area contributed by atoms with E-state index < -0.39 is 63.8 Å². The van der Waals surface area contributed by atoms with Crippen molar-refractivity contribution in [2.24, 2.45) is 11.8 Å².